The smallest absolute Gasteiger partial charge is 0.251 e. The molecule has 1 N–H and O–H groups in total. The van der Waals surface area contributed by atoms with E-state index in [-0.39, 0.29) is 5.91 Å². The number of rotatable bonds is 4. The highest BCUT2D eigenvalue weighted by molar-refractivity contribution is 5.94. The van der Waals surface area contributed by atoms with Crippen LogP contribution in [-0.4, -0.2) is 15.9 Å². The third-order valence-corrected chi connectivity index (χ3v) is 3.26. The minimum absolute atomic E-state index is 0.307. The maximum absolute atomic E-state index is 13.0. The first-order chi connectivity index (χ1) is 9.72. The van der Waals surface area contributed by atoms with E-state index in [0.717, 1.165) is 11.4 Å². The molecule has 102 valence electrons. The average molecular weight is 271 g/mol. The molecule has 1 aromatic carbocycles. The van der Waals surface area contributed by atoms with E-state index in [0.29, 0.717) is 18.0 Å². The number of carbonyl (C=O) groups excluding carboxylic acids is 1. The fourth-order valence-corrected chi connectivity index (χ4v) is 2.02. The first-order valence-electron chi connectivity index (χ1n) is 6.57. The number of nitrogens with zero attached hydrogens (tertiary/aromatic N) is 2. The Balaban J connectivity index is 1.64. The molecule has 1 aliphatic carbocycles. The van der Waals surface area contributed by atoms with E-state index < -0.39 is 5.82 Å². The van der Waals surface area contributed by atoms with Crippen LogP contribution in [0.25, 0.3) is 0 Å². The van der Waals surface area contributed by atoms with Gasteiger partial charge in [0.15, 0.2) is 0 Å². The lowest BCUT2D eigenvalue weighted by molar-refractivity contribution is 0.0950. The number of benzene rings is 1. The van der Waals surface area contributed by atoms with Crippen LogP contribution in [0.15, 0.2) is 36.7 Å². The number of hydrogen-bond donors (Lipinski definition) is 1. The lowest BCUT2D eigenvalue weighted by atomic mass is 10.2. The Morgan fingerprint density at radius 3 is 2.90 bits per heavy atom. The van der Waals surface area contributed by atoms with Crippen LogP contribution in [-0.2, 0) is 6.54 Å². The van der Waals surface area contributed by atoms with Crippen molar-refractivity contribution in [1.29, 1.82) is 0 Å². The van der Waals surface area contributed by atoms with E-state index in [2.05, 4.69) is 15.3 Å². The number of halogens is 1. The van der Waals surface area contributed by atoms with Crippen molar-refractivity contribution >= 4 is 5.91 Å². The van der Waals surface area contributed by atoms with E-state index >= 15 is 0 Å². The molecule has 5 heteroatoms. The topological polar surface area (TPSA) is 54.9 Å². The molecule has 1 amide bonds. The summed E-state index contributed by atoms with van der Waals surface area (Å²) in [5.74, 6) is -0.178. The van der Waals surface area contributed by atoms with Crippen LogP contribution in [0.2, 0.25) is 0 Å². The molecular formula is C15H14FN3O. The van der Waals surface area contributed by atoms with Crippen LogP contribution < -0.4 is 5.32 Å². The number of amides is 1. The second kappa shape index (κ2) is 5.36. The van der Waals surface area contributed by atoms with Crippen molar-refractivity contribution in [1.82, 2.24) is 15.3 Å². The second-order valence-corrected chi connectivity index (χ2v) is 4.90. The van der Waals surface area contributed by atoms with Gasteiger partial charge < -0.3 is 5.32 Å². The molecule has 0 radical (unpaired) electrons. The third kappa shape index (κ3) is 2.99. The van der Waals surface area contributed by atoms with Gasteiger partial charge in [-0.15, -0.1) is 0 Å². The molecule has 0 saturated heterocycles. The van der Waals surface area contributed by atoms with Gasteiger partial charge in [0.25, 0.3) is 5.91 Å². The van der Waals surface area contributed by atoms with E-state index in [1.165, 1.54) is 37.4 Å². The molecule has 0 aliphatic heterocycles. The Morgan fingerprint density at radius 1 is 1.30 bits per heavy atom. The molecule has 1 saturated carbocycles. The number of carbonyl (C=O) groups is 1. The molecule has 1 heterocycles. The summed E-state index contributed by atoms with van der Waals surface area (Å²) in [7, 11) is 0. The number of hydrogen-bond acceptors (Lipinski definition) is 3. The maximum Gasteiger partial charge on any atom is 0.251 e. The molecule has 3 rings (SSSR count). The fourth-order valence-electron chi connectivity index (χ4n) is 2.02. The van der Waals surface area contributed by atoms with E-state index in [9.17, 15) is 9.18 Å². The Hall–Kier alpha value is -2.30. The van der Waals surface area contributed by atoms with Crippen molar-refractivity contribution in [2.75, 3.05) is 0 Å². The zero-order valence-corrected chi connectivity index (χ0v) is 10.8. The highest BCUT2D eigenvalue weighted by atomic mass is 19.1. The molecular weight excluding hydrogens is 257 g/mol. The summed E-state index contributed by atoms with van der Waals surface area (Å²) in [6.45, 7) is 0.317. The lowest BCUT2D eigenvalue weighted by Crippen LogP contribution is -2.23. The zero-order chi connectivity index (χ0) is 13.9. The van der Waals surface area contributed by atoms with E-state index in [1.807, 2.05) is 6.07 Å². The molecule has 1 fully saturated rings. The van der Waals surface area contributed by atoms with Crippen LogP contribution in [0.4, 0.5) is 4.39 Å². The van der Waals surface area contributed by atoms with Crippen LogP contribution >= 0.6 is 0 Å². The van der Waals surface area contributed by atoms with Gasteiger partial charge in [-0.3, -0.25) is 4.79 Å². The first kappa shape index (κ1) is 12.7. The van der Waals surface area contributed by atoms with Gasteiger partial charge in [-0.25, -0.2) is 14.4 Å². The number of aromatic nitrogens is 2. The van der Waals surface area contributed by atoms with Crippen molar-refractivity contribution in [2.45, 2.75) is 25.3 Å². The summed E-state index contributed by atoms with van der Waals surface area (Å²) < 4.78 is 13.0. The monoisotopic (exact) mass is 271 g/mol. The van der Waals surface area contributed by atoms with Crippen LogP contribution in [0.5, 0.6) is 0 Å². The van der Waals surface area contributed by atoms with Gasteiger partial charge in [0, 0.05) is 17.2 Å². The quantitative estimate of drug-likeness (QED) is 0.929. The third-order valence-electron chi connectivity index (χ3n) is 3.26. The molecule has 0 unspecified atom stereocenters. The predicted octanol–water partition coefficient (Wildman–Crippen LogP) is 2.42. The van der Waals surface area contributed by atoms with Crippen LogP contribution in [0.3, 0.4) is 0 Å². The van der Waals surface area contributed by atoms with Gasteiger partial charge in [-0.1, -0.05) is 6.07 Å². The van der Waals surface area contributed by atoms with Gasteiger partial charge in [-0.05, 0) is 37.1 Å². The highest BCUT2D eigenvalue weighted by Gasteiger charge is 2.25. The molecule has 0 spiro atoms. The molecule has 0 atom stereocenters. The highest BCUT2D eigenvalue weighted by Crippen LogP contribution is 2.38. The molecule has 1 aliphatic rings. The fraction of sp³-hybridized carbons (Fsp3) is 0.267. The summed E-state index contributed by atoms with van der Waals surface area (Å²) in [4.78, 5) is 20.2. The second-order valence-electron chi connectivity index (χ2n) is 4.90. The number of nitrogens with one attached hydrogen (secondary N) is 1. The largest absolute Gasteiger partial charge is 0.346 e. The Morgan fingerprint density at radius 2 is 2.15 bits per heavy atom. The minimum Gasteiger partial charge on any atom is -0.346 e. The van der Waals surface area contributed by atoms with E-state index in [1.54, 1.807) is 6.07 Å². The molecule has 1 aromatic heterocycles. The first-order valence-corrected chi connectivity index (χ1v) is 6.57. The normalized spacial score (nSPS) is 14.1. The van der Waals surface area contributed by atoms with Crippen LogP contribution in [0.1, 0.15) is 40.5 Å². The van der Waals surface area contributed by atoms with Gasteiger partial charge in [0.1, 0.15) is 12.1 Å². The van der Waals surface area contributed by atoms with Crippen molar-refractivity contribution in [3.63, 3.8) is 0 Å². The summed E-state index contributed by atoms with van der Waals surface area (Å²) in [6, 6.07) is 7.53. The van der Waals surface area contributed by atoms with Gasteiger partial charge in [0.2, 0.25) is 0 Å². The Bertz CT molecular complexity index is 641. The zero-order valence-electron chi connectivity index (χ0n) is 10.8. The summed E-state index contributed by atoms with van der Waals surface area (Å²) in [5.41, 5.74) is 2.11. The Labute approximate surface area is 116 Å². The molecule has 4 nitrogen and oxygen atoms in total. The minimum atomic E-state index is -0.421. The average Bonchev–Trinajstić information content (AvgIpc) is 3.30. The lowest BCUT2D eigenvalue weighted by Gasteiger charge is -2.06. The van der Waals surface area contributed by atoms with Gasteiger partial charge >= 0.3 is 0 Å². The standard InChI is InChI=1S/C15H14FN3O/c16-12-3-1-2-11(6-12)15(20)17-8-13-7-14(10-4-5-10)19-9-18-13/h1-3,6-7,9-10H,4-5,8H2,(H,17,20). The van der Waals surface area contributed by atoms with Crippen molar-refractivity contribution in [3.05, 3.63) is 59.4 Å². The summed E-state index contributed by atoms with van der Waals surface area (Å²) in [6.07, 6.45) is 3.87. The molecule has 2 aromatic rings. The van der Waals surface area contributed by atoms with E-state index in [4.69, 9.17) is 0 Å². The molecule has 0 bridgehead atoms. The summed E-state index contributed by atoms with van der Waals surface area (Å²) >= 11 is 0. The Kier molecular flexibility index (Phi) is 3.41. The van der Waals surface area contributed by atoms with Crippen molar-refractivity contribution in [3.8, 4) is 0 Å². The van der Waals surface area contributed by atoms with Crippen molar-refractivity contribution in [2.24, 2.45) is 0 Å². The molecule has 20 heavy (non-hydrogen) atoms. The predicted molar refractivity (Wildman–Crippen MR) is 71.6 cm³/mol. The van der Waals surface area contributed by atoms with Crippen molar-refractivity contribution < 1.29 is 9.18 Å². The maximum atomic E-state index is 13.0. The summed E-state index contributed by atoms with van der Waals surface area (Å²) in [5, 5.41) is 2.73. The van der Waals surface area contributed by atoms with Gasteiger partial charge in [0.05, 0.1) is 12.2 Å². The van der Waals surface area contributed by atoms with Crippen LogP contribution in [0, 0.1) is 5.82 Å². The SMILES string of the molecule is O=C(NCc1cc(C2CC2)ncn1)c1cccc(F)c1. The van der Waals surface area contributed by atoms with Gasteiger partial charge in [-0.2, -0.15) is 0 Å².